The third kappa shape index (κ3) is 3.10. The van der Waals surface area contributed by atoms with Gasteiger partial charge in [0, 0.05) is 29.0 Å². The molecule has 0 aromatic heterocycles. The normalized spacial score (nSPS) is 16.2. The van der Waals surface area contributed by atoms with E-state index in [0.29, 0.717) is 6.42 Å². The molecule has 1 amide bonds. The van der Waals surface area contributed by atoms with Gasteiger partial charge in [0.2, 0.25) is 5.91 Å². The lowest BCUT2D eigenvalue weighted by atomic mass is 9.97. The Balaban J connectivity index is 1.69. The lowest BCUT2D eigenvalue weighted by Gasteiger charge is -2.12. The minimum atomic E-state index is 0.0461. The van der Waals surface area contributed by atoms with E-state index in [1.165, 1.54) is 5.56 Å². The molecule has 1 unspecified atom stereocenters. The number of para-hydroxylation sites is 1. The SMILES string of the molecule is Cc1ccc(Br)c(NC(=O)CC2CNc3ccccc32)c1. The molecule has 3 rings (SSSR count). The standard InChI is InChI=1S/C17H17BrN2O/c1-11-6-7-14(18)16(8-11)20-17(21)9-12-10-19-15-5-3-2-4-13(12)15/h2-8,12,19H,9-10H2,1H3,(H,20,21). The van der Waals surface area contributed by atoms with Crippen LogP contribution in [0, 0.1) is 6.92 Å². The van der Waals surface area contributed by atoms with Gasteiger partial charge in [0.05, 0.1) is 5.69 Å². The molecule has 21 heavy (non-hydrogen) atoms. The third-order valence-electron chi connectivity index (χ3n) is 3.77. The van der Waals surface area contributed by atoms with Crippen LogP contribution in [-0.4, -0.2) is 12.5 Å². The van der Waals surface area contributed by atoms with E-state index in [4.69, 9.17) is 0 Å². The predicted molar refractivity (Wildman–Crippen MR) is 89.8 cm³/mol. The van der Waals surface area contributed by atoms with Gasteiger partial charge in [-0.2, -0.15) is 0 Å². The van der Waals surface area contributed by atoms with E-state index in [0.717, 1.165) is 28.0 Å². The summed E-state index contributed by atoms with van der Waals surface area (Å²) in [5.41, 5.74) is 4.34. The molecule has 2 aromatic carbocycles. The molecule has 1 heterocycles. The van der Waals surface area contributed by atoms with Crippen molar-refractivity contribution in [2.24, 2.45) is 0 Å². The van der Waals surface area contributed by atoms with Crippen molar-refractivity contribution in [1.29, 1.82) is 0 Å². The molecule has 0 bridgehead atoms. The number of nitrogens with one attached hydrogen (secondary N) is 2. The Hall–Kier alpha value is -1.81. The van der Waals surface area contributed by atoms with Gasteiger partial charge in [0.25, 0.3) is 0 Å². The third-order valence-corrected chi connectivity index (χ3v) is 4.46. The van der Waals surface area contributed by atoms with Crippen LogP contribution in [0.4, 0.5) is 11.4 Å². The van der Waals surface area contributed by atoms with Crippen molar-refractivity contribution in [2.75, 3.05) is 17.2 Å². The Kier molecular flexibility index (Phi) is 3.97. The zero-order valence-corrected chi connectivity index (χ0v) is 13.4. The Morgan fingerprint density at radius 2 is 2.14 bits per heavy atom. The number of carbonyl (C=O) groups is 1. The summed E-state index contributed by atoms with van der Waals surface area (Å²) in [5, 5.41) is 6.35. The van der Waals surface area contributed by atoms with Gasteiger partial charge >= 0.3 is 0 Å². The van der Waals surface area contributed by atoms with Crippen LogP contribution in [0.15, 0.2) is 46.9 Å². The second-order valence-electron chi connectivity index (χ2n) is 5.40. The molecule has 0 saturated heterocycles. The maximum absolute atomic E-state index is 12.3. The first-order valence-corrected chi connectivity index (χ1v) is 7.81. The monoisotopic (exact) mass is 344 g/mol. The molecule has 2 N–H and O–H groups in total. The molecule has 1 atom stereocenters. The molecule has 0 aliphatic carbocycles. The summed E-state index contributed by atoms with van der Waals surface area (Å²) in [6.07, 6.45) is 0.490. The number of amides is 1. The Morgan fingerprint density at radius 3 is 3.00 bits per heavy atom. The van der Waals surface area contributed by atoms with Gasteiger partial charge in [-0.15, -0.1) is 0 Å². The summed E-state index contributed by atoms with van der Waals surface area (Å²) in [7, 11) is 0. The molecule has 1 aliphatic heterocycles. The molecular formula is C17H17BrN2O. The van der Waals surface area contributed by atoms with Crippen LogP contribution in [0.5, 0.6) is 0 Å². The fourth-order valence-electron chi connectivity index (χ4n) is 2.70. The number of hydrogen-bond acceptors (Lipinski definition) is 2. The van der Waals surface area contributed by atoms with E-state index in [1.807, 2.05) is 37.3 Å². The summed E-state index contributed by atoms with van der Waals surface area (Å²) in [6, 6.07) is 14.1. The van der Waals surface area contributed by atoms with Crippen molar-refractivity contribution in [3.8, 4) is 0 Å². The highest BCUT2D eigenvalue weighted by molar-refractivity contribution is 9.10. The molecule has 2 aromatic rings. The van der Waals surface area contributed by atoms with Gasteiger partial charge in [-0.05, 0) is 52.2 Å². The molecule has 4 heteroatoms. The molecule has 0 fully saturated rings. The highest BCUT2D eigenvalue weighted by Gasteiger charge is 2.24. The van der Waals surface area contributed by atoms with Crippen molar-refractivity contribution in [3.05, 3.63) is 58.1 Å². The summed E-state index contributed by atoms with van der Waals surface area (Å²) < 4.78 is 0.909. The first-order valence-electron chi connectivity index (χ1n) is 7.02. The Bertz CT molecular complexity index is 684. The fourth-order valence-corrected chi connectivity index (χ4v) is 3.04. The average Bonchev–Trinajstić information content (AvgIpc) is 2.86. The van der Waals surface area contributed by atoms with E-state index in [-0.39, 0.29) is 11.8 Å². The van der Waals surface area contributed by atoms with Crippen LogP contribution in [0.1, 0.15) is 23.5 Å². The quantitative estimate of drug-likeness (QED) is 0.871. The van der Waals surface area contributed by atoms with Gasteiger partial charge in [0.1, 0.15) is 0 Å². The predicted octanol–water partition coefficient (Wildman–Crippen LogP) is 4.30. The van der Waals surface area contributed by atoms with Crippen molar-refractivity contribution < 1.29 is 4.79 Å². The number of fused-ring (bicyclic) bond motifs is 1. The number of benzene rings is 2. The molecule has 3 nitrogen and oxygen atoms in total. The zero-order valence-electron chi connectivity index (χ0n) is 11.8. The molecule has 108 valence electrons. The van der Waals surface area contributed by atoms with Gasteiger partial charge < -0.3 is 10.6 Å². The van der Waals surface area contributed by atoms with Gasteiger partial charge in [-0.3, -0.25) is 4.79 Å². The molecule has 0 saturated carbocycles. The van der Waals surface area contributed by atoms with Crippen molar-refractivity contribution in [3.63, 3.8) is 0 Å². The first kappa shape index (κ1) is 14.1. The number of carbonyl (C=O) groups excluding carboxylic acids is 1. The van der Waals surface area contributed by atoms with Crippen LogP contribution in [0.2, 0.25) is 0 Å². The number of aryl methyl sites for hydroxylation is 1. The number of halogens is 1. The maximum atomic E-state index is 12.3. The lowest BCUT2D eigenvalue weighted by molar-refractivity contribution is -0.116. The largest absolute Gasteiger partial charge is 0.384 e. The highest BCUT2D eigenvalue weighted by Crippen LogP contribution is 2.33. The summed E-state index contributed by atoms with van der Waals surface area (Å²) in [4.78, 5) is 12.3. The second kappa shape index (κ2) is 5.90. The van der Waals surface area contributed by atoms with Gasteiger partial charge in [-0.1, -0.05) is 24.3 Å². The fraction of sp³-hybridized carbons (Fsp3) is 0.235. The van der Waals surface area contributed by atoms with E-state index in [2.05, 4.69) is 38.7 Å². The van der Waals surface area contributed by atoms with Crippen LogP contribution in [-0.2, 0) is 4.79 Å². The van der Waals surface area contributed by atoms with E-state index in [1.54, 1.807) is 0 Å². The van der Waals surface area contributed by atoms with E-state index >= 15 is 0 Å². The number of anilines is 2. The highest BCUT2D eigenvalue weighted by atomic mass is 79.9. The van der Waals surface area contributed by atoms with Gasteiger partial charge in [0.15, 0.2) is 0 Å². The van der Waals surface area contributed by atoms with Crippen LogP contribution in [0.25, 0.3) is 0 Å². The van der Waals surface area contributed by atoms with Crippen LogP contribution < -0.4 is 10.6 Å². The molecule has 0 radical (unpaired) electrons. The second-order valence-corrected chi connectivity index (χ2v) is 6.26. The average molecular weight is 345 g/mol. The van der Waals surface area contributed by atoms with Crippen molar-refractivity contribution in [1.82, 2.24) is 0 Å². The van der Waals surface area contributed by atoms with Crippen LogP contribution in [0.3, 0.4) is 0 Å². The minimum Gasteiger partial charge on any atom is -0.384 e. The smallest absolute Gasteiger partial charge is 0.225 e. The Labute approximate surface area is 132 Å². The number of hydrogen-bond donors (Lipinski definition) is 2. The molecule has 0 spiro atoms. The maximum Gasteiger partial charge on any atom is 0.225 e. The van der Waals surface area contributed by atoms with Crippen molar-refractivity contribution >= 4 is 33.2 Å². The van der Waals surface area contributed by atoms with E-state index < -0.39 is 0 Å². The lowest BCUT2D eigenvalue weighted by Crippen LogP contribution is -2.17. The van der Waals surface area contributed by atoms with E-state index in [9.17, 15) is 4.79 Å². The van der Waals surface area contributed by atoms with Crippen molar-refractivity contribution in [2.45, 2.75) is 19.3 Å². The van der Waals surface area contributed by atoms with Gasteiger partial charge in [-0.25, -0.2) is 0 Å². The Morgan fingerprint density at radius 1 is 1.33 bits per heavy atom. The molecule has 1 aliphatic rings. The molecular weight excluding hydrogens is 328 g/mol. The van der Waals surface area contributed by atoms with Crippen LogP contribution >= 0.6 is 15.9 Å². The zero-order chi connectivity index (χ0) is 14.8. The topological polar surface area (TPSA) is 41.1 Å². The first-order chi connectivity index (χ1) is 10.1. The minimum absolute atomic E-state index is 0.0461. The number of rotatable bonds is 3. The summed E-state index contributed by atoms with van der Waals surface area (Å²) >= 11 is 3.47. The summed E-state index contributed by atoms with van der Waals surface area (Å²) in [5.74, 6) is 0.287. The summed E-state index contributed by atoms with van der Waals surface area (Å²) in [6.45, 7) is 2.83.